The Hall–Kier alpha value is -2.34. The first kappa shape index (κ1) is 19.4. The number of rotatable bonds is 3. The number of aromatic nitrogens is 1. The Morgan fingerprint density at radius 3 is 1.93 bits per heavy atom. The SMILES string of the molecule is Cc1ccc(-c2sc(C(F)(F)F)nc2-c2ccc(OC(C)(C)C)cc2)cc1. The van der Waals surface area contributed by atoms with E-state index in [4.69, 9.17) is 4.74 Å². The highest BCUT2D eigenvalue weighted by molar-refractivity contribution is 7.15. The standard InChI is InChI=1S/C21H20F3NOS/c1-13-5-7-15(8-6-13)18-17(25-19(27-18)21(22,23)24)14-9-11-16(12-10-14)26-20(2,3)4/h5-12H,1-4H3. The van der Waals surface area contributed by atoms with Gasteiger partial charge in [-0.25, -0.2) is 4.98 Å². The highest BCUT2D eigenvalue weighted by Crippen LogP contribution is 2.43. The average molecular weight is 391 g/mol. The lowest BCUT2D eigenvalue weighted by Gasteiger charge is -2.21. The van der Waals surface area contributed by atoms with Crippen LogP contribution in [0.4, 0.5) is 13.2 Å². The lowest BCUT2D eigenvalue weighted by atomic mass is 10.1. The van der Waals surface area contributed by atoms with Gasteiger partial charge in [0.2, 0.25) is 0 Å². The third-order valence-corrected chi connectivity index (χ3v) is 4.88. The predicted octanol–water partition coefficient (Wildman–Crippen LogP) is 6.98. The molecule has 3 rings (SSSR count). The van der Waals surface area contributed by atoms with Gasteiger partial charge in [0.25, 0.3) is 0 Å². The third kappa shape index (κ3) is 4.69. The fourth-order valence-corrected chi connectivity index (χ4v) is 3.53. The van der Waals surface area contributed by atoms with E-state index in [9.17, 15) is 13.2 Å². The molecule has 0 saturated carbocycles. The van der Waals surface area contributed by atoms with Gasteiger partial charge in [0.15, 0.2) is 5.01 Å². The maximum Gasteiger partial charge on any atom is 0.443 e. The van der Waals surface area contributed by atoms with E-state index >= 15 is 0 Å². The summed E-state index contributed by atoms with van der Waals surface area (Å²) in [6.07, 6.45) is -4.47. The van der Waals surface area contributed by atoms with E-state index in [2.05, 4.69) is 4.98 Å². The van der Waals surface area contributed by atoms with Crippen molar-refractivity contribution in [3.8, 4) is 27.4 Å². The molecule has 0 spiro atoms. The second-order valence-corrected chi connectivity index (χ2v) is 8.30. The van der Waals surface area contributed by atoms with Crippen LogP contribution in [0.3, 0.4) is 0 Å². The van der Waals surface area contributed by atoms with Crippen molar-refractivity contribution in [2.75, 3.05) is 0 Å². The predicted molar refractivity (Wildman–Crippen MR) is 103 cm³/mol. The largest absolute Gasteiger partial charge is 0.488 e. The van der Waals surface area contributed by atoms with Gasteiger partial charge in [-0.3, -0.25) is 0 Å². The van der Waals surface area contributed by atoms with Gasteiger partial charge in [0, 0.05) is 5.56 Å². The van der Waals surface area contributed by atoms with E-state index in [0.717, 1.165) is 11.1 Å². The summed E-state index contributed by atoms with van der Waals surface area (Å²) >= 11 is 0.667. The van der Waals surface area contributed by atoms with Crippen LogP contribution in [-0.2, 0) is 6.18 Å². The van der Waals surface area contributed by atoms with Gasteiger partial charge in [-0.15, -0.1) is 11.3 Å². The summed E-state index contributed by atoms with van der Waals surface area (Å²) in [5.41, 5.74) is 2.37. The number of thiazole rings is 1. The second kappa shape index (κ2) is 7.00. The number of benzene rings is 2. The number of hydrogen-bond acceptors (Lipinski definition) is 3. The van der Waals surface area contributed by atoms with Crippen LogP contribution >= 0.6 is 11.3 Å². The summed E-state index contributed by atoms with van der Waals surface area (Å²) in [5, 5.41) is -0.844. The number of aryl methyl sites for hydroxylation is 1. The molecule has 2 nitrogen and oxygen atoms in total. The minimum atomic E-state index is -4.47. The molecule has 0 bridgehead atoms. The molecule has 2 aromatic carbocycles. The van der Waals surface area contributed by atoms with Crippen molar-refractivity contribution in [2.45, 2.75) is 39.5 Å². The highest BCUT2D eigenvalue weighted by Gasteiger charge is 2.36. The van der Waals surface area contributed by atoms with Crippen LogP contribution in [-0.4, -0.2) is 10.6 Å². The van der Waals surface area contributed by atoms with Crippen LogP contribution in [0.5, 0.6) is 5.75 Å². The molecule has 0 radical (unpaired) electrons. The van der Waals surface area contributed by atoms with E-state index in [1.807, 2.05) is 52.0 Å². The fraction of sp³-hybridized carbons (Fsp3) is 0.286. The summed E-state index contributed by atoms with van der Waals surface area (Å²) in [4.78, 5) is 4.41. The van der Waals surface area contributed by atoms with Crippen LogP contribution in [0, 0.1) is 6.92 Å². The Bertz CT molecular complexity index is 920. The van der Waals surface area contributed by atoms with Crippen molar-refractivity contribution >= 4 is 11.3 Å². The Kier molecular flexibility index (Phi) is 5.04. The van der Waals surface area contributed by atoms with Gasteiger partial charge in [-0.1, -0.05) is 29.8 Å². The molecule has 0 saturated heterocycles. The second-order valence-electron chi connectivity index (χ2n) is 7.30. The molecule has 27 heavy (non-hydrogen) atoms. The molecular weight excluding hydrogens is 371 g/mol. The number of hydrogen-bond donors (Lipinski definition) is 0. The Labute approximate surface area is 160 Å². The lowest BCUT2D eigenvalue weighted by Crippen LogP contribution is -2.22. The molecule has 0 aliphatic carbocycles. The minimum Gasteiger partial charge on any atom is -0.488 e. The van der Waals surface area contributed by atoms with Gasteiger partial charge >= 0.3 is 6.18 Å². The molecule has 0 aliphatic rings. The van der Waals surface area contributed by atoms with Crippen molar-refractivity contribution < 1.29 is 17.9 Å². The minimum absolute atomic E-state index is 0.332. The van der Waals surface area contributed by atoms with Crippen LogP contribution in [0.15, 0.2) is 48.5 Å². The maximum atomic E-state index is 13.3. The molecule has 142 valence electrons. The summed E-state index contributed by atoms with van der Waals surface area (Å²) in [6.45, 7) is 7.75. The Morgan fingerprint density at radius 1 is 0.852 bits per heavy atom. The van der Waals surface area contributed by atoms with Crippen molar-refractivity contribution in [3.63, 3.8) is 0 Å². The normalized spacial score (nSPS) is 12.3. The number of nitrogens with zero attached hydrogens (tertiary/aromatic N) is 1. The van der Waals surface area contributed by atoms with Crippen molar-refractivity contribution in [1.29, 1.82) is 0 Å². The van der Waals surface area contributed by atoms with Gasteiger partial charge in [0.1, 0.15) is 11.4 Å². The zero-order valence-electron chi connectivity index (χ0n) is 15.5. The molecule has 0 unspecified atom stereocenters. The summed E-state index contributed by atoms with van der Waals surface area (Å²) < 4.78 is 45.5. The molecule has 0 fully saturated rings. The molecular formula is C21H20F3NOS. The van der Waals surface area contributed by atoms with Crippen molar-refractivity contribution in [2.24, 2.45) is 0 Å². The lowest BCUT2D eigenvalue weighted by molar-refractivity contribution is -0.137. The average Bonchev–Trinajstić information content (AvgIpc) is 3.00. The quantitative estimate of drug-likeness (QED) is 0.480. The van der Waals surface area contributed by atoms with E-state index in [1.54, 1.807) is 24.3 Å². The topological polar surface area (TPSA) is 22.1 Å². The number of alkyl halides is 3. The Balaban J connectivity index is 2.06. The molecule has 0 N–H and O–H groups in total. The molecule has 6 heteroatoms. The molecule has 3 aromatic rings. The number of ether oxygens (including phenoxy) is 1. The zero-order valence-corrected chi connectivity index (χ0v) is 16.3. The van der Waals surface area contributed by atoms with E-state index in [1.165, 1.54) is 0 Å². The zero-order chi connectivity index (χ0) is 19.8. The van der Waals surface area contributed by atoms with Crippen LogP contribution < -0.4 is 4.74 Å². The summed E-state index contributed by atoms with van der Waals surface area (Å²) in [6, 6.07) is 14.4. The Morgan fingerprint density at radius 2 is 1.41 bits per heavy atom. The summed E-state index contributed by atoms with van der Waals surface area (Å²) in [7, 11) is 0. The van der Waals surface area contributed by atoms with E-state index < -0.39 is 11.2 Å². The smallest absolute Gasteiger partial charge is 0.443 e. The summed E-state index contributed by atoms with van der Waals surface area (Å²) in [5.74, 6) is 0.661. The number of halogens is 3. The molecule has 0 amide bonds. The van der Waals surface area contributed by atoms with Crippen molar-refractivity contribution in [1.82, 2.24) is 4.98 Å². The van der Waals surface area contributed by atoms with Gasteiger partial charge in [-0.05, 0) is 57.5 Å². The molecule has 0 aliphatic heterocycles. The highest BCUT2D eigenvalue weighted by atomic mass is 32.1. The monoisotopic (exact) mass is 391 g/mol. The van der Waals surface area contributed by atoms with Gasteiger partial charge in [0.05, 0.1) is 10.6 Å². The van der Waals surface area contributed by atoms with Crippen LogP contribution in [0.1, 0.15) is 31.3 Å². The van der Waals surface area contributed by atoms with Crippen molar-refractivity contribution in [3.05, 3.63) is 59.1 Å². The first-order chi connectivity index (χ1) is 12.5. The van der Waals surface area contributed by atoms with E-state index in [-0.39, 0.29) is 5.60 Å². The van der Waals surface area contributed by atoms with E-state index in [0.29, 0.717) is 33.2 Å². The third-order valence-electron chi connectivity index (χ3n) is 3.74. The van der Waals surface area contributed by atoms with Gasteiger partial charge in [-0.2, -0.15) is 13.2 Å². The molecule has 0 atom stereocenters. The molecule has 1 heterocycles. The maximum absolute atomic E-state index is 13.3. The van der Waals surface area contributed by atoms with Crippen LogP contribution in [0.2, 0.25) is 0 Å². The molecule has 1 aromatic heterocycles. The first-order valence-corrected chi connectivity index (χ1v) is 9.29. The van der Waals surface area contributed by atoms with Gasteiger partial charge < -0.3 is 4.74 Å². The first-order valence-electron chi connectivity index (χ1n) is 8.47. The van der Waals surface area contributed by atoms with Crippen LogP contribution in [0.25, 0.3) is 21.7 Å². The fourth-order valence-electron chi connectivity index (χ4n) is 2.57.